The maximum atomic E-state index is 12.5. The van der Waals surface area contributed by atoms with Crippen LogP contribution in [-0.4, -0.2) is 48.3 Å². The molecule has 0 spiro atoms. The standard InChI is InChI=1S/C23H23ClN4O4/c24-17-3-1-2-12-6-15(9-16(12)17)25-14-7-13(8-14)19-10-28(23(30)32-19)20-5-4-18-22(26-20)27-21(29)11-31-18/h1-5,13-15,19,25H,6-11H2,(H,26,27,29). The van der Waals surface area contributed by atoms with Gasteiger partial charge in [-0.1, -0.05) is 23.7 Å². The highest BCUT2D eigenvalue weighted by molar-refractivity contribution is 6.31. The van der Waals surface area contributed by atoms with Gasteiger partial charge < -0.3 is 20.1 Å². The van der Waals surface area contributed by atoms with E-state index in [2.05, 4.69) is 21.7 Å². The third-order valence-corrected chi connectivity index (χ3v) is 7.23. The minimum atomic E-state index is -0.400. The summed E-state index contributed by atoms with van der Waals surface area (Å²) in [7, 11) is 0. The lowest BCUT2D eigenvalue weighted by Gasteiger charge is -2.39. The van der Waals surface area contributed by atoms with Gasteiger partial charge in [0.1, 0.15) is 11.9 Å². The molecule has 1 saturated heterocycles. The van der Waals surface area contributed by atoms with Crippen LogP contribution in [0, 0.1) is 5.92 Å². The highest BCUT2D eigenvalue weighted by Gasteiger charge is 2.44. The number of fused-ring (bicyclic) bond motifs is 2. The van der Waals surface area contributed by atoms with Crippen molar-refractivity contribution >= 4 is 35.2 Å². The van der Waals surface area contributed by atoms with Gasteiger partial charge in [-0.2, -0.15) is 0 Å². The van der Waals surface area contributed by atoms with E-state index in [0.29, 0.717) is 41.9 Å². The summed E-state index contributed by atoms with van der Waals surface area (Å²) in [4.78, 5) is 30.0. The highest BCUT2D eigenvalue weighted by Crippen LogP contribution is 2.38. The molecule has 0 bridgehead atoms. The molecule has 2 aliphatic carbocycles. The number of nitrogens with one attached hydrogen (secondary N) is 2. The number of cyclic esters (lactones) is 1. The van der Waals surface area contributed by atoms with Crippen molar-refractivity contribution in [1.29, 1.82) is 0 Å². The summed E-state index contributed by atoms with van der Waals surface area (Å²) in [6, 6.07) is 10.4. The summed E-state index contributed by atoms with van der Waals surface area (Å²) in [5, 5.41) is 7.29. The van der Waals surface area contributed by atoms with Crippen LogP contribution in [0.2, 0.25) is 5.02 Å². The summed E-state index contributed by atoms with van der Waals surface area (Å²) < 4.78 is 11.0. The number of carbonyl (C=O) groups is 2. The van der Waals surface area contributed by atoms with Crippen LogP contribution in [0.15, 0.2) is 30.3 Å². The number of anilines is 2. The maximum Gasteiger partial charge on any atom is 0.415 e. The number of hydrogen-bond donors (Lipinski definition) is 2. The van der Waals surface area contributed by atoms with Crippen molar-refractivity contribution in [2.75, 3.05) is 23.4 Å². The zero-order valence-electron chi connectivity index (χ0n) is 17.3. The Morgan fingerprint density at radius 1 is 1.12 bits per heavy atom. The molecular weight excluding hydrogens is 432 g/mol. The normalized spacial score (nSPS) is 28.3. The summed E-state index contributed by atoms with van der Waals surface area (Å²) in [6.07, 6.45) is 3.38. The first-order valence-electron chi connectivity index (χ1n) is 11.0. The molecule has 3 heterocycles. The first kappa shape index (κ1) is 19.8. The Morgan fingerprint density at radius 3 is 2.84 bits per heavy atom. The van der Waals surface area contributed by atoms with Gasteiger partial charge >= 0.3 is 6.09 Å². The molecule has 0 radical (unpaired) electrons. The van der Waals surface area contributed by atoms with Crippen molar-refractivity contribution in [2.24, 2.45) is 5.92 Å². The van der Waals surface area contributed by atoms with Gasteiger partial charge in [-0.05, 0) is 55.0 Å². The predicted octanol–water partition coefficient (Wildman–Crippen LogP) is 2.93. The predicted molar refractivity (Wildman–Crippen MR) is 118 cm³/mol. The SMILES string of the molecule is O=C1COc2ccc(N3CC(C4CC(NC5Cc6cccc(Cl)c6C5)C4)OC3=O)nc2N1. The fourth-order valence-electron chi connectivity index (χ4n) is 5.18. The van der Waals surface area contributed by atoms with E-state index in [9.17, 15) is 9.59 Å². The Labute approximate surface area is 190 Å². The Balaban J connectivity index is 1.04. The van der Waals surface area contributed by atoms with Crippen LogP contribution in [0.25, 0.3) is 0 Å². The first-order chi connectivity index (χ1) is 15.5. The smallest absolute Gasteiger partial charge is 0.415 e. The monoisotopic (exact) mass is 454 g/mol. The van der Waals surface area contributed by atoms with E-state index in [0.717, 1.165) is 30.7 Å². The lowest BCUT2D eigenvalue weighted by molar-refractivity contribution is -0.118. The van der Waals surface area contributed by atoms with Crippen LogP contribution in [0.5, 0.6) is 5.75 Å². The molecule has 6 rings (SSSR count). The number of rotatable bonds is 4. The zero-order valence-corrected chi connectivity index (χ0v) is 18.1. The molecule has 8 nitrogen and oxygen atoms in total. The molecule has 2 atom stereocenters. The summed E-state index contributed by atoms with van der Waals surface area (Å²) in [6.45, 7) is 0.431. The average molecular weight is 455 g/mol. The van der Waals surface area contributed by atoms with Crippen LogP contribution < -0.4 is 20.3 Å². The van der Waals surface area contributed by atoms with Gasteiger partial charge in [0.25, 0.3) is 5.91 Å². The average Bonchev–Trinajstić information content (AvgIpc) is 3.33. The van der Waals surface area contributed by atoms with Crippen LogP contribution >= 0.6 is 11.6 Å². The molecule has 2 aromatic rings. The maximum absolute atomic E-state index is 12.5. The van der Waals surface area contributed by atoms with Crippen molar-refractivity contribution in [3.8, 4) is 5.75 Å². The minimum absolute atomic E-state index is 0.0290. The molecule has 166 valence electrons. The van der Waals surface area contributed by atoms with E-state index in [4.69, 9.17) is 21.1 Å². The number of carbonyl (C=O) groups excluding carboxylic acids is 2. The van der Waals surface area contributed by atoms with Gasteiger partial charge in [0.05, 0.1) is 6.54 Å². The van der Waals surface area contributed by atoms with Gasteiger partial charge in [-0.3, -0.25) is 9.69 Å². The summed E-state index contributed by atoms with van der Waals surface area (Å²) >= 11 is 6.34. The molecule has 2 N–H and O–H groups in total. The van der Waals surface area contributed by atoms with Crippen molar-refractivity contribution < 1.29 is 19.1 Å². The molecule has 1 aromatic heterocycles. The Morgan fingerprint density at radius 2 is 2.00 bits per heavy atom. The first-order valence-corrected chi connectivity index (χ1v) is 11.4. The Kier molecular flexibility index (Phi) is 4.73. The lowest BCUT2D eigenvalue weighted by Crippen LogP contribution is -2.50. The zero-order chi connectivity index (χ0) is 21.8. The molecule has 1 saturated carbocycles. The molecule has 1 aromatic carbocycles. The third-order valence-electron chi connectivity index (χ3n) is 6.88. The number of ether oxygens (including phenoxy) is 2. The van der Waals surface area contributed by atoms with Crippen LogP contribution in [0.1, 0.15) is 24.0 Å². The second kappa shape index (κ2) is 7.64. The fraction of sp³-hybridized carbons (Fsp3) is 0.435. The second-order valence-electron chi connectivity index (χ2n) is 8.96. The molecular formula is C23H23ClN4O4. The molecule has 2 unspecified atom stereocenters. The van der Waals surface area contributed by atoms with Crippen molar-refractivity contribution in [3.63, 3.8) is 0 Å². The second-order valence-corrected chi connectivity index (χ2v) is 9.37. The number of aromatic nitrogens is 1. The van der Waals surface area contributed by atoms with Crippen molar-refractivity contribution in [1.82, 2.24) is 10.3 Å². The van der Waals surface area contributed by atoms with E-state index in [-0.39, 0.29) is 18.6 Å². The molecule has 2 amide bonds. The molecule has 32 heavy (non-hydrogen) atoms. The number of amides is 2. The highest BCUT2D eigenvalue weighted by atomic mass is 35.5. The largest absolute Gasteiger partial charge is 0.480 e. The lowest BCUT2D eigenvalue weighted by atomic mass is 9.76. The molecule has 4 aliphatic rings. The number of hydrogen-bond acceptors (Lipinski definition) is 6. The minimum Gasteiger partial charge on any atom is -0.480 e. The summed E-state index contributed by atoms with van der Waals surface area (Å²) in [5.74, 6) is 1.36. The molecule has 9 heteroatoms. The quantitative estimate of drug-likeness (QED) is 0.738. The number of benzene rings is 1. The van der Waals surface area contributed by atoms with Crippen LogP contribution in [0.4, 0.5) is 16.4 Å². The van der Waals surface area contributed by atoms with Crippen molar-refractivity contribution in [3.05, 3.63) is 46.5 Å². The molecule has 2 aliphatic heterocycles. The van der Waals surface area contributed by atoms with E-state index >= 15 is 0 Å². The third kappa shape index (κ3) is 3.47. The number of halogens is 1. The Hall–Kier alpha value is -2.84. The van der Waals surface area contributed by atoms with E-state index in [1.807, 2.05) is 12.1 Å². The van der Waals surface area contributed by atoms with E-state index < -0.39 is 6.09 Å². The van der Waals surface area contributed by atoms with E-state index in [1.54, 1.807) is 12.1 Å². The van der Waals surface area contributed by atoms with Crippen LogP contribution in [0.3, 0.4) is 0 Å². The topological polar surface area (TPSA) is 92.8 Å². The van der Waals surface area contributed by atoms with Gasteiger partial charge in [0, 0.05) is 23.0 Å². The van der Waals surface area contributed by atoms with Crippen LogP contribution in [-0.2, 0) is 22.4 Å². The Bertz CT molecular complexity index is 1100. The van der Waals surface area contributed by atoms with Crippen molar-refractivity contribution in [2.45, 2.75) is 43.9 Å². The van der Waals surface area contributed by atoms with Gasteiger partial charge in [0.2, 0.25) is 0 Å². The number of pyridine rings is 1. The van der Waals surface area contributed by atoms with E-state index in [1.165, 1.54) is 16.0 Å². The fourth-order valence-corrected chi connectivity index (χ4v) is 5.45. The molecule has 2 fully saturated rings. The van der Waals surface area contributed by atoms with Gasteiger partial charge in [-0.15, -0.1) is 0 Å². The summed E-state index contributed by atoms with van der Waals surface area (Å²) in [5.41, 5.74) is 2.60. The number of nitrogens with zero attached hydrogens (tertiary/aromatic N) is 2. The van der Waals surface area contributed by atoms with Gasteiger partial charge in [-0.25, -0.2) is 9.78 Å². The van der Waals surface area contributed by atoms with Gasteiger partial charge in [0.15, 0.2) is 18.2 Å².